The van der Waals surface area contributed by atoms with Crippen LogP contribution in [0.25, 0.3) is 0 Å². The smallest absolute Gasteiger partial charge is 0.184 e. The van der Waals surface area contributed by atoms with Gasteiger partial charge in [0.05, 0.1) is 35.6 Å². The molecule has 1 aliphatic heterocycles. The molecule has 2 aromatic rings. The second kappa shape index (κ2) is 12.0. The van der Waals surface area contributed by atoms with Crippen LogP contribution in [0.5, 0.6) is 11.5 Å². The molecule has 7 nitrogen and oxygen atoms in total. The lowest BCUT2D eigenvalue weighted by atomic mass is 9.88. The Kier molecular flexibility index (Phi) is 8.36. The second-order valence-electron chi connectivity index (χ2n) is 8.70. The van der Waals surface area contributed by atoms with Gasteiger partial charge in [0.2, 0.25) is 0 Å². The Morgan fingerprint density at radius 2 is 1.72 bits per heavy atom. The summed E-state index contributed by atoms with van der Waals surface area (Å²) in [6, 6.07) is 13.9. The fourth-order valence-corrected chi connectivity index (χ4v) is 4.55. The van der Waals surface area contributed by atoms with Crippen LogP contribution < -0.4 is 9.64 Å². The van der Waals surface area contributed by atoms with Crippen molar-refractivity contribution in [3.8, 4) is 11.5 Å². The lowest BCUT2D eigenvalue weighted by molar-refractivity contribution is 0.122. The molecule has 1 heterocycles. The van der Waals surface area contributed by atoms with Gasteiger partial charge in [0, 0.05) is 19.5 Å². The van der Waals surface area contributed by atoms with E-state index in [-0.39, 0.29) is 35.5 Å². The molecule has 36 heavy (non-hydrogen) atoms. The topological polar surface area (TPSA) is 93.1 Å². The number of rotatable bonds is 8. The van der Waals surface area contributed by atoms with Gasteiger partial charge in [-0.25, -0.2) is 14.4 Å². The van der Waals surface area contributed by atoms with Gasteiger partial charge in [0.15, 0.2) is 11.5 Å². The summed E-state index contributed by atoms with van der Waals surface area (Å²) >= 11 is 0. The number of phenolic OH excluding ortho intramolecular Hbond substituents is 1. The maximum absolute atomic E-state index is 11.3. The van der Waals surface area contributed by atoms with Gasteiger partial charge in [0.1, 0.15) is 24.4 Å². The lowest BCUT2D eigenvalue weighted by Gasteiger charge is -2.32. The maximum atomic E-state index is 11.3. The zero-order valence-electron chi connectivity index (χ0n) is 19.9. The van der Waals surface area contributed by atoms with Crippen LogP contribution in [0.4, 0.5) is 5.69 Å². The van der Waals surface area contributed by atoms with Crippen molar-refractivity contribution in [3.05, 3.63) is 82.0 Å². The summed E-state index contributed by atoms with van der Waals surface area (Å²) in [7, 11) is 0. The molecule has 0 radical (unpaired) electrons. The molecular formula is C29H27NO6. The van der Waals surface area contributed by atoms with Crippen molar-refractivity contribution in [1.82, 2.24) is 0 Å². The number of aromatic hydroxyl groups is 1. The average Bonchev–Trinajstić information content (AvgIpc) is 2.93. The van der Waals surface area contributed by atoms with E-state index in [1.807, 2.05) is 24.3 Å². The van der Waals surface area contributed by atoms with Crippen LogP contribution in [0.15, 0.2) is 70.8 Å². The first kappa shape index (κ1) is 25.0. The first-order chi connectivity index (χ1) is 17.6. The van der Waals surface area contributed by atoms with Gasteiger partial charge in [-0.3, -0.25) is 0 Å². The molecule has 0 aromatic heterocycles. The highest BCUT2D eigenvalue weighted by molar-refractivity contribution is 5.86. The number of carbonyl (C=O) groups excluding carboxylic acids is 3. The summed E-state index contributed by atoms with van der Waals surface area (Å²) in [6.07, 6.45) is 4.23. The Hall–Kier alpha value is -4.11. The third-order valence-corrected chi connectivity index (χ3v) is 6.34. The third kappa shape index (κ3) is 5.75. The summed E-state index contributed by atoms with van der Waals surface area (Å²) in [5.74, 6) is 5.37. The summed E-state index contributed by atoms with van der Waals surface area (Å²) in [4.78, 5) is 36.0. The van der Waals surface area contributed by atoms with Gasteiger partial charge < -0.3 is 19.5 Å². The number of ether oxygens (including phenoxy) is 2. The van der Waals surface area contributed by atoms with E-state index in [0.717, 1.165) is 30.5 Å². The molecule has 2 aliphatic rings. The molecular weight excluding hydrogens is 458 g/mol. The number of hydrogen-bond donors (Lipinski definition) is 1. The van der Waals surface area contributed by atoms with E-state index in [1.54, 1.807) is 23.9 Å². The Bertz CT molecular complexity index is 1290. The first-order valence-electron chi connectivity index (χ1n) is 11.9. The molecule has 0 bridgehead atoms. The molecule has 4 rings (SSSR count). The molecule has 0 atom stereocenters. The van der Waals surface area contributed by atoms with Gasteiger partial charge in [0.25, 0.3) is 0 Å². The van der Waals surface area contributed by atoms with E-state index in [0.29, 0.717) is 37.6 Å². The molecule has 2 aromatic carbocycles. The molecule has 1 N–H and O–H groups in total. The van der Waals surface area contributed by atoms with Crippen LogP contribution in [0, 0.1) is 0 Å². The van der Waals surface area contributed by atoms with Gasteiger partial charge in [-0.2, -0.15) is 0 Å². The molecule has 0 saturated carbocycles. The van der Waals surface area contributed by atoms with Crippen LogP contribution >= 0.6 is 0 Å². The maximum Gasteiger partial charge on any atom is 0.184 e. The minimum atomic E-state index is -0.124. The Morgan fingerprint density at radius 1 is 0.944 bits per heavy atom. The summed E-state index contributed by atoms with van der Waals surface area (Å²) in [5.41, 5.74) is 3.61. The van der Waals surface area contributed by atoms with E-state index >= 15 is 0 Å². The lowest BCUT2D eigenvalue weighted by Crippen LogP contribution is -2.37. The number of aryl methyl sites for hydroxylation is 2. The molecule has 7 heteroatoms. The number of nitrogens with zero attached hydrogens (tertiary/aromatic N) is 1. The zero-order chi connectivity index (χ0) is 25.3. The van der Waals surface area contributed by atoms with Crippen molar-refractivity contribution in [2.45, 2.75) is 25.7 Å². The predicted molar refractivity (Wildman–Crippen MR) is 135 cm³/mol. The fourth-order valence-electron chi connectivity index (χ4n) is 4.55. The van der Waals surface area contributed by atoms with Crippen molar-refractivity contribution in [3.63, 3.8) is 0 Å². The van der Waals surface area contributed by atoms with Crippen molar-refractivity contribution in [2.24, 2.45) is 0 Å². The Balaban J connectivity index is 1.60. The number of hydrogen-bond acceptors (Lipinski definition) is 7. The van der Waals surface area contributed by atoms with Gasteiger partial charge in [-0.05, 0) is 48.1 Å². The highest BCUT2D eigenvalue weighted by atomic mass is 16.5. The van der Waals surface area contributed by atoms with E-state index in [2.05, 4.69) is 17.0 Å². The van der Waals surface area contributed by atoms with Gasteiger partial charge in [-0.15, -0.1) is 0 Å². The zero-order valence-corrected chi connectivity index (χ0v) is 19.9. The number of allylic oxidation sites excluding steroid dienone is 4. The molecule has 1 aliphatic carbocycles. The summed E-state index contributed by atoms with van der Waals surface area (Å²) in [5, 5.41) is 10.8. The molecule has 184 valence electrons. The van der Waals surface area contributed by atoms with Crippen molar-refractivity contribution < 1.29 is 29.0 Å². The Morgan fingerprint density at radius 3 is 2.42 bits per heavy atom. The molecule has 0 unspecified atom stereocenters. The molecule has 1 fully saturated rings. The summed E-state index contributed by atoms with van der Waals surface area (Å²) < 4.78 is 11.7. The van der Waals surface area contributed by atoms with Crippen LogP contribution in [0.1, 0.15) is 24.0 Å². The number of benzene rings is 2. The van der Waals surface area contributed by atoms with Crippen molar-refractivity contribution >= 4 is 23.5 Å². The van der Waals surface area contributed by atoms with E-state index in [1.165, 1.54) is 11.6 Å². The van der Waals surface area contributed by atoms with Crippen LogP contribution in [0.2, 0.25) is 0 Å². The number of phenols is 1. The predicted octanol–water partition coefficient (Wildman–Crippen LogP) is 3.39. The van der Waals surface area contributed by atoms with E-state index in [9.17, 15) is 19.5 Å². The first-order valence-corrected chi connectivity index (χ1v) is 11.9. The van der Waals surface area contributed by atoms with Gasteiger partial charge >= 0.3 is 0 Å². The van der Waals surface area contributed by atoms with Gasteiger partial charge in [-0.1, -0.05) is 36.4 Å². The molecule has 0 spiro atoms. The highest BCUT2D eigenvalue weighted by Crippen LogP contribution is 2.42. The minimum absolute atomic E-state index is 0.00509. The van der Waals surface area contributed by atoms with Crippen molar-refractivity contribution in [2.75, 3.05) is 37.8 Å². The minimum Gasteiger partial charge on any atom is -0.504 e. The average molecular weight is 486 g/mol. The van der Waals surface area contributed by atoms with E-state index in [4.69, 9.17) is 9.47 Å². The van der Waals surface area contributed by atoms with Crippen molar-refractivity contribution in [1.29, 1.82) is 0 Å². The van der Waals surface area contributed by atoms with Crippen LogP contribution in [0.3, 0.4) is 0 Å². The monoisotopic (exact) mass is 485 g/mol. The van der Waals surface area contributed by atoms with Crippen LogP contribution in [-0.2, 0) is 32.0 Å². The summed E-state index contributed by atoms with van der Waals surface area (Å²) in [6.45, 7) is 2.49. The molecule has 1 saturated heterocycles. The third-order valence-electron chi connectivity index (χ3n) is 6.34. The highest BCUT2D eigenvalue weighted by Gasteiger charge is 2.25. The quantitative estimate of drug-likeness (QED) is 0.573. The standard InChI is InChI=1S/C29H27NO6/c31-17-24-15-22(16-25(18-32)26(24)19-33)20-36-29-27(34)10-9-23(28(29)30-11-13-35-14-12-30)8-4-7-21-5-2-1-3-6-21/h1-3,5-6,9-10,15,34H,4,7-8,11-14,16,20H2. The SMILES string of the molecule is O=C=C1C=C(COc2c(O)ccc(CCCc3ccccc3)c2N2CCOCC2)CC(=C=O)C1=C=O. The molecule has 0 amide bonds. The fraction of sp³-hybridized carbons (Fsp3) is 0.310. The second-order valence-corrected chi connectivity index (χ2v) is 8.70. The van der Waals surface area contributed by atoms with Crippen LogP contribution in [-0.4, -0.2) is 55.8 Å². The number of morpholine rings is 1. The Labute approximate surface area is 209 Å². The van der Waals surface area contributed by atoms with E-state index < -0.39 is 0 Å². The normalized spacial score (nSPS) is 15.6. The number of anilines is 1. The largest absolute Gasteiger partial charge is 0.504 e.